The third-order valence-corrected chi connectivity index (χ3v) is 5.90. The van der Waals surface area contributed by atoms with Gasteiger partial charge in [0.05, 0.1) is 37.2 Å². The van der Waals surface area contributed by atoms with Gasteiger partial charge in [0.25, 0.3) is 0 Å². The molecular weight excluding hydrogens is 366 g/mol. The molecule has 0 unspecified atom stereocenters. The molecule has 0 aliphatic rings. The van der Waals surface area contributed by atoms with Crippen molar-refractivity contribution < 1.29 is 8.42 Å². The Bertz CT molecular complexity index is 771. The van der Waals surface area contributed by atoms with E-state index in [-0.39, 0.29) is 15.7 Å². The zero-order chi connectivity index (χ0) is 15.1. The van der Waals surface area contributed by atoms with Crippen LogP contribution < -0.4 is 5.73 Å². The molecule has 0 spiro atoms. The Kier molecular flexibility index (Phi) is 4.13. The van der Waals surface area contributed by atoms with Gasteiger partial charge in [-0.2, -0.15) is 5.10 Å². The van der Waals surface area contributed by atoms with E-state index in [0.717, 1.165) is 5.69 Å². The molecule has 0 bridgehead atoms. The highest BCUT2D eigenvalue weighted by molar-refractivity contribution is 9.10. The molecular formula is C12H13BrClN3O2S. The van der Waals surface area contributed by atoms with Crippen LogP contribution in [0, 0.1) is 6.92 Å². The Morgan fingerprint density at radius 2 is 2.10 bits per heavy atom. The number of nitrogens with zero attached hydrogens (tertiary/aromatic N) is 2. The summed E-state index contributed by atoms with van der Waals surface area (Å²) in [4.78, 5) is 0.141. The van der Waals surface area contributed by atoms with Crippen LogP contribution in [0.3, 0.4) is 0 Å². The van der Waals surface area contributed by atoms with Crippen molar-refractivity contribution in [1.29, 1.82) is 0 Å². The summed E-state index contributed by atoms with van der Waals surface area (Å²) in [7, 11) is -1.81. The number of halogens is 2. The van der Waals surface area contributed by atoms with Gasteiger partial charge in [0.2, 0.25) is 0 Å². The molecule has 0 saturated carbocycles. The lowest BCUT2D eigenvalue weighted by Gasteiger charge is -2.07. The predicted octanol–water partition coefficient (Wildman–Crippen LogP) is 2.70. The van der Waals surface area contributed by atoms with Gasteiger partial charge in [0.15, 0.2) is 9.84 Å². The third kappa shape index (κ3) is 2.84. The van der Waals surface area contributed by atoms with Crippen LogP contribution in [-0.4, -0.2) is 18.2 Å². The van der Waals surface area contributed by atoms with Crippen LogP contribution in [0.1, 0.15) is 11.4 Å². The number of rotatable bonds is 3. The summed E-state index contributed by atoms with van der Waals surface area (Å²) in [6.45, 7) is 1.81. The predicted molar refractivity (Wildman–Crippen MR) is 82.4 cm³/mol. The van der Waals surface area contributed by atoms with Gasteiger partial charge in [-0.25, -0.2) is 8.42 Å². The molecule has 0 amide bonds. The van der Waals surface area contributed by atoms with E-state index in [9.17, 15) is 8.42 Å². The smallest absolute Gasteiger partial charge is 0.184 e. The van der Waals surface area contributed by atoms with E-state index in [0.29, 0.717) is 15.9 Å². The first-order valence-corrected chi connectivity index (χ1v) is 8.50. The maximum atomic E-state index is 12.4. The summed E-state index contributed by atoms with van der Waals surface area (Å²) >= 11 is 9.23. The number of nitrogen functional groups attached to an aromatic ring is 1. The number of aromatic nitrogens is 2. The highest BCUT2D eigenvalue weighted by atomic mass is 79.9. The number of benzene rings is 1. The lowest BCUT2D eigenvalue weighted by atomic mass is 10.3. The van der Waals surface area contributed by atoms with E-state index in [2.05, 4.69) is 21.0 Å². The molecule has 0 aliphatic carbocycles. The lowest BCUT2D eigenvalue weighted by Crippen LogP contribution is -2.09. The van der Waals surface area contributed by atoms with Crippen molar-refractivity contribution in [2.45, 2.75) is 17.6 Å². The Morgan fingerprint density at radius 3 is 2.60 bits per heavy atom. The Hall–Kier alpha value is -1.05. The van der Waals surface area contributed by atoms with E-state index in [4.69, 9.17) is 17.3 Å². The van der Waals surface area contributed by atoms with E-state index in [1.165, 1.54) is 18.2 Å². The second-order valence-electron chi connectivity index (χ2n) is 4.41. The molecule has 8 heteroatoms. The number of nitrogens with two attached hydrogens (primary N) is 1. The highest BCUT2D eigenvalue weighted by Crippen LogP contribution is 2.27. The van der Waals surface area contributed by atoms with E-state index in [1.807, 2.05) is 0 Å². The molecule has 0 aliphatic heterocycles. The van der Waals surface area contributed by atoms with Crippen molar-refractivity contribution in [2.75, 3.05) is 5.73 Å². The SMILES string of the molecule is Cc1nn(C)c(CS(=O)(=O)c2ccc(N)c(Cl)c2)c1Br. The van der Waals surface area contributed by atoms with Gasteiger partial charge in [-0.15, -0.1) is 0 Å². The third-order valence-electron chi connectivity index (χ3n) is 2.92. The summed E-state index contributed by atoms with van der Waals surface area (Å²) in [5.74, 6) is -0.162. The normalized spacial score (nSPS) is 11.8. The minimum Gasteiger partial charge on any atom is -0.398 e. The van der Waals surface area contributed by atoms with Crippen LogP contribution in [0.2, 0.25) is 5.02 Å². The van der Waals surface area contributed by atoms with Gasteiger partial charge in [0, 0.05) is 7.05 Å². The van der Waals surface area contributed by atoms with Crippen molar-refractivity contribution in [1.82, 2.24) is 9.78 Å². The molecule has 108 valence electrons. The molecule has 0 atom stereocenters. The summed E-state index contributed by atoms with van der Waals surface area (Å²) in [5.41, 5.74) is 7.27. The minimum atomic E-state index is -3.52. The molecule has 0 fully saturated rings. The largest absolute Gasteiger partial charge is 0.398 e. The maximum Gasteiger partial charge on any atom is 0.184 e. The minimum absolute atomic E-state index is 0.141. The fourth-order valence-corrected chi connectivity index (χ4v) is 4.14. The van der Waals surface area contributed by atoms with E-state index >= 15 is 0 Å². The van der Waals surface area contributed by atoms with Crippen molar-refractivity contribution >= 4 is 43.1 Å². The number of sulfone groups is 1. The zero-order valence-electron chi connectivity index (χ0n) is 10.9. The second-order valence-corrected chi connectivity index (χ2v) is 7.60. The van der Waals surface area contributed by atoms with Gasteiger partial charge < -0.3 is 5.73 Å². The molecule has 5 nitrogen and oxygen atoms in total. The molecule has 2 N–H and O–H groups in total. The van der Waals surface area contributed by atoms with Crippen molar-refractivity contribution in [3.8, 4) is 0 Å². The van der Waals surface area contributed by atoms with Gasteiger partial charge in [0.1, 0.15) is 0 Å². The molecule has 2 aromatic rings. The molecule has 1 aromatic carbocycles. The first-order valence-electron chi connectivity index (χ1n) is 5.68. The average Bonchev–Trinajstić information content (AvgIpc) is 2.59. The Balaban J connectivity index is 2.43. The highest BCUT2D eigenvalue weighted by Gasteiger charge is 2.21. The van der Waals surface area contributed by atoms with Gasteiger partial charge in [-0.3, -0.25) is 4.68 Å². The fourth-order valence-electron chi connectivity index (χ4n) is 1.80. The van der Waals surface area contributed by atoms with Crippen LogP contribution in [0.15, 0.2) is 27.6 Å². The average molecular weight is 379 g/mol. The summed E-state index contributed by atoms with van der Waals surface area (Å²) in [6, 6.07) is 4.30. The lowest BCUT2D eigenvalue weighted by molar-refractivity contribution is 0.591. The van der Waals surface area contributed by atoms with Crippen molar-refractivity contribution in [3.63, 3.8) is 0 Å². The first kappa shape index (κ1) is 15.3. The van der Waals surface area contributed by atoms with Gasteiger partial charge >= 0.3 is 0 Å². The topological polar surface area (TPSA) is 78.0 Å². The summed E-state index contributed by atoms with van der Waals surface area (Å²) < 4.78 is 27.1. The molecule has 1 heterocycles. The van der Waals surface area contributed by atoms with Crippen LogP contribution in [0.5, 0.6) is 0 Å². The molecule has 0 radical (unpaired) electrons. The summed E-state index contributed by atoms with van der Waals surface area (Å²) in [6.07, 6.45) is 0. The molecule has 1 aromatic heterocycles. The first-order chi connectivity index (χ1) is 9.22. The standard InChI is InChI=1S/C12H13BrClN3O2S/c1-7-12(13)11(17(2)16-7)6-20(18,19)8-3-4-10(15)9(14)5-8/h3-5H,6,15H2,1-2H3. The van der Waals surface area contributed by atoms with Crippen molar-refractivity contribution in [2.24, 2.45) is 7.05 Å². The number of anilines is 1. The second kappa shape index (κ2) is 5.38. The zero-order valence-corrected chi connectivity index (χ0v) is 14.1. The quantitative estimate of drug-likeness (QED) is 0.833. The maximum absolute atomic E-state index is 12.4. The number of hydrogen-bond acceptors (Lipinski definition) is 4. The van der Waals surface area contributed by atoms with Crippen LogP contribution in [-0.2, 0) is 22.6 Å². The van der Waals surface area contributed by atoms with Gasteiger partial charge in [-0.05, 0) is 41.1 Å². The van der Waals surface area contributed by atoms with Crippen LogP contribution in [0.25, 0.3) is 0 Å². The van der Waals surface area contributed by atoms with E-state index in [1.54, 1.807) is 18.7 Å². The Morgan fingerprint density at radius 1 is 1.45 bits per heavy atom. The van der Waals surface area contributed by atoms with Gasteiger partial charge in [-0.1, -0.05) is 11.6 Å². The number of hydrogen-bond donors (Lipinski definition) is 1. The molecule has 20 heavy (non-hydrogen) atoms. The van der Waals surface area contributed by atoms with Crippen LogP contribution in [0.4, 0.5) is 5.69 Å². The van der Waals surface area contributed by atoms with Crippen LogP contribution >= 0.6 is 27.5 Å². The summed E-state index contributed by atoms with van der Waals surface area (Å²) in [5, 5.41) is 4.41. The fraction of sp³-hybridized carbons (Fsp3) is 0.250. The monoisotopic (exact) mass is 377 g/mol. The Labute approximate surface area is 130 Å². The number of aryl methyl sites for hydroxylation is 2. The van der Waals surface area contributed by atoms with Crippen molar-refractivity contribution in [3.05, 3.63) is 39.1 Å². The molecule has 0 saturated heterocycles. The van der Waals surface area contributed by atoms with E-state index < -0.39 is 9.84 Å². The molecule has 2 rings (SSSR count).